The second kappa shape index (κ2) is 52.8. The first-order valence-electron chi connectivity index (χ1n) is 38.9. The maximum atomic E-state index is 13.8. The minimum absolute atomic E-state index is 0.00541. The average molecular weight is 1760 g/mol. The van der Waals surface area contributed by atoms with Crippen LogP contribution in [0.5, 0.6) is 0 Å². The van der Waals surface area contributed by atoms with Crippen molar-refractivity contribution in [3.8, 4) is 0 Å². The number of unbranched alkanes of at least 4 members (excludes halogenated alkanes) is 9. The largest absolute Gasteiger partial charge is 0.756 e. The van der Waals surface area contributed by atoms with Gasteiger partial charge in [-0.25, -0.2) is 0 Å². The lowest BCUT2D eigenvalue weighted by atomic mass is 9.97. The number of carbonyl (C=O) groups excluding carboxylic acids is 6. The van der Waals surface area contributed by atoms with Crippen molar-refractivity contribution in [2.45, 2.75) is 271 Å². The van der Waals surface area contributed by atoms with Gasteiger partial charge in [-0.1, -0.05) is 38.5 Å². The van der Waals surface area contributed by atoms with Gasteiger partial charge < -0.3 is 186 Å². The monoisotopic (exact) mass is 1760 g/mol. The summed E-state index contributed by atoms with van der Waals surface area (Å²) in [5.74, 6) is -3.43. The summed E-state index contributed by atoms with van der Waals surface area (Å²) < 4.78 is 145. The minimum Gasteiger partial charge on any atom is -0.756 e. The quantitative estimate of drug-likeness (QED) is 0.0199. The van der Waals surface area contributed by atoms with Crippen LogP contribution in [0.25, 0.3) is 0 Å². The van der Waals surface area contributed by atoms with Crippen molar-refractivity contribution < 1.29 is 197 Å². The Balaban J connectivity index is 0.977. The Hall–Kier alpha value is -3.77. The molecule has 0 saturated carbocycles. The molecule has 27 atom stereocenters. The van der Waals surface area contributed by atoms with E-state index in [9.17, 15) is 108 Å². The molecule has 0 radical (unpaired) electrons. The fourth-order valence-electron chi connectivity index (χ4n) is 13.0. The summed E-state index contributed by atoms with van der Waals surface area (Å²) in [6, 6.07) is -3.73. The zero-order valence-corrected chi connectivity index (χ0v) is 68.3. The van der Waals surface area contributed by atoms with Crippen molar-refractivity contribution in [3.63, 3.8) is 0 Å². The maximum Gasteiger partial charge on any atom is 0.268 e. The van der Waals surface area contributed by atoms with Crippen molar-refractivity contribution in [1.82, 2.24) is 31.9 Å². The molecule has 16 N–H and O–H groups in total. The topological polar surface area (TPSA) is 673 Å². The van der Waals surface area contributed by atoms with Crippen molar-refractivity contribution in [2.24, 2.45) is 0 Å². The van der Waals surface area contributed by atoms with Crippen LogP contribution in [0.1, 0.15) is 124 Å². The van der Waals surface area contributed by atoms with Crippen LogP contribution >= 0.6 is 23.5 Å². The maximum absolute atomic E-state index is 13.8. The van der Waals surface area contributed by atoms with E-state index < -0.39 is 272 Å². The molecule has 6 heterocycles. The standard InChI is InChI=1S/C67H121N6O41P3/c1-5-96-24-25-103-115(90,91)113-42-27-54(98-22-16-10-7-13-19-69-51(82)36-101-66-57(72-39(3)79)63(88)60(85)46(31-76)110-66)107-48(42)33-105-117(94,95)114-43-28-55(99-23-17-11-8-14-20-70-52(83)37-102-67-58(73-40(4)80)64(89)61(86)47(32-77)111-67)108-49(43)34-104-116(92,93)112-41-26-53(106-44(41)29-74)97-21-15-9-6-12-18-68-50(81)35-100-65-56(71-38(2)78)62(87)59(84)45(30-75)109-65/h41-49,53-67,74-77,84-89H,5-37H2,1-4H3,(H,68,81)(H,69,82)(H,70,83)(H,71,78)(H,72,79)(H,73,80)(H,90,91)(H,92,93)(H,94,95)/p-3/t41?,42?,43?,44-,45-,46-,47-,48-,49-,53-,54-,55-,56-,57-,58-,59+,60+,61+,62-,63-,64-,65-,66-,67-/m1/s1. The number of carbonyl (C=O) groups is 6. The summed E-state index contributed by atoms with van der Waals surface area (Å²) in [7, 11) is -16.1. The summed E-state index contributed by atoms with van der Waals surface area (Å²) in [6.45, 7) is -0.596. The third-order valence-electron chi connectivity index (χ3n) is 18.9. The molecule has 0 aliphatic carbocycles. The van der Waals surface area contributed by atoms with Crippen molar-refractivity contribution in [1.29, 1.82) is 0 Å². The molecule has 6 amide bonds. The Morgan fingerprint density at radius 1 is 0.368 bits per heavy atom. The predicted molar refractivity (Wildman–Crippen MR) is 385 cm³/mol. The second-order valence-electron chi connectivity index (χ2n) is 28.2. The Bertz CT molecular complexity index is 3100. The van der Waals surface area contributed by atoms with Crippen molar-refractivity contribution in [2.75, 3.05) is 119 Å². The van der Waals surface area contributed by atoms with Crippen LogP contribution in [-0.2, 0) is 131 Å². The van der Waals surface area contributed by atoms with Crippen LogP contribution in [0, 0.1) is 0 Å². The minimum atomic E-state index is -5.55. The molecule has 0 aromatic heterocycles. The van der Waals surface area contributed by atoms with E-state index in [0.29, 0.717) is 77.0 Å². The summed E-state index contributed by atoms with van der Waals surface area (Å²) in [6.07, 6.45) is -23.9. The molecular formula is C67H118N6O41P3-3. The van der Waals surface area contributed by atoms with Crippen molar-refractivity contribution in [3.05, 3.63) is 0 Å². The van der Waals surface area contributed by atoms with E-state index in [-0.39, 0.29) is 71.9 Å². The first kappa shape index (κ1) is 102. The summed E-state index contributed by atoms with van der Waals surface area (Å²) in [5, 5.41) is 116. The SMILES string of the molecule is CCOCCOP(=O)([O-])OC1C[C@H](OCCCCCCNC(=O)CO[C@@H]2O[C@H](CO)[C@H](O)[C@H](O)[C@H]2NC(C)=O)O[C@@H]1COP(=O)([O-])OC1C[C@H](OCCCCCCNC(=O)CO[C@@H]2O[C@H](CO)[C@H](O)[C@H](O)[C@H]2NC(C)=O)O[C@@H]1COP(=O)([O-])OC1C[C@H](OCCCCCCNC(=O)CO[C@@H]2O[C@H](CO)[C@H](O)[C@H](O)[C@H]2NC(C)=O)O[C@@H]1CO. The van der Waals surface area contributed by atoms with Crippen molar-refractivity contribution >= 4 is 58.9 Å². The van der Waals surface area contributed by atoms with Gasteiger partial charge in [-0.3, -0.25) is 42.5 Å². The van der Waals surface area contributed by atoms with Gasteiger partial charge in [0, 0.05) is 86.1 Å². The number of nitrogens with one attached hydrogen (secondary N) is 6. The molecule has 0 bridgehead atoms. The number of hydrogen-bond acceptors (Lipinski definition) is 41. The molecule has 47 nitrogen and oxygen atoms in total. The Morgan fingerprint density at radius 3 is 0.957 bits per heavy atom. The average Bonchev–Trinajstić information content (AvgIpc) is 1.43. The van der Waals surface area contributed by atoms with Crippen LogP contribution in [0.3, 0.4) is 0 Å². The van der Waals surface area contributed by atoms with Gasteiger partial charge in [-0.15, -0.1) is 0 Å². The summed E-state index contributed by atoms with van der Waals surface area (Å²) in [4.78, 5) is 114. The lowest BCUT2D eigenvalue weighted by Crippen LogP contribution is -2.64. The lowest BCUT2D eigenvalue weighted by Gasteiger charge is -2.42. The number of hydrogen-bond donors (Lipinski definition) is 16. The van der Waals surface area contributed by atoms with Gasteiger partial charge in [0.05, 0.1) is 71.2 Å². The van der Waals surface area contributed by atoms with E-state index >= 15 is 0 Å². The number of phosphoric ester groups is 3. The van der Waals surface area contributed by atoms with Crippen LogP contribution in [0.15, 0.2) is 0 Å². The molecule has 6 rings (SSSR count). The van der Waals surface area contributed by atoms with Crippen LogP contribution in [-0.4, -0.2) is 353 Å². The zero-order valence-electron chi connectivity index (χ0n) is 65.7. The van der Waals surface area contributed by atoms with Gasteiger partial charge in [-0.05, 0) is 45.4 Å². The van der Waals surface area contributed by atoms with Crippen LogP contribution in [0.2, 0.25) is 0 Å². The van der Waals surface area contributed by atoms with Gasteiger partial charge >= 0.3 is 0 Å². The van der Waals surface area contributed by atoms with E-state index in [1.54, 1.807) is 6.92 Å². The fraction of sp³-hybridized carbons (Fsp3) is 0.910. The highest BCUT2D eigenvalue weighted by molar-refractivity contribution is 7.46. The highest BCUT2D eigenvalue weighted by Gasteiger charge is 2.50. The lowest BCUT2D eigenvalue weighted by molar-refractivity contribution is -0.268. The van der Waals surface area contributed by atoms with Gasteiger partial charge in [0.25, 0.3) is 23.5 Å². The molecule has 0 aromatic rings. The molecule has 50 heteroatoms. The molecule has 6 unspecified atom stereocenters. The van der Waals surface area contributed by atoms with Gasteiger partial charge in [0.15, 0.2) is 37.7 Å². The Morgan fingerprint density at radius 2 is 0.658 bits per heavy atom. The van der Waals surface area contributed by atoms with E-state index in [1.165, 1.54) is 13.8 Å². The molecular weight excluding hydrogens is 1640 g/mol. The molecule has 6 fully saturated rings. The normalized spacial score (nSPS) is 32.8. The second-order valence-corrected chi connectivity index (χ2v) is 32.3. The molecule has 6 saturated heterocycles. The number of aliphatic hydroxyl groups excluding tert-OH is 10. The first-order chi connectivity index (χ1) is 55.7. The predicted octanol–water partition coefficient (Wildman–Crippen LogP) is -7.07. The highest BCUT2D eigenvalue weighted by Crippen LogP contribution is 2.49. The van der Waals surface area contributed by atoms with E-state index in [1.807, 2.05) is 0 Å². The molecule has 0 aromatic carbocycles. The molecule has 6 aliphatic rings. The summed E-state index contributed by atoms with van der Waals surface area (Å²) in [5.41, 5.74) is 0. The van der Waals surface area contributed by atoms with Gasteiger partial charge in [-0.2, -0.15) is 0 Å². The van der Waals surface area contributed by atoms with E-state index in [2.05, 4.69) is 31.9 Å². The molecule has 117 heavy (non-hydrogen) atoms. The number of aliphatic hydroxyl groups is 10. The molecule has 680 valence electrons. The number of rotatable bonds is 57. The zero-order chi connectivity index (χ0) is 85.8. The smallest absolute Gasteiger partial charge is 0.268 e. The first-order valence-corrected chi connectivity index (χ1v) is 43.3. The highest BCUT2D eigenvalue weighted by atomic mass is 31.2. The fourth-order valence-corrected chi connectivity index (χ4v) is 15.8. The molecule has 0 spiro atoms. The third kappa shape index (κ3) is 36.1. The Kier molecular flexibility index (Phi) is 46.0. The summed E-state index contributed by atoms with van der Waals surface area (Å²) >= 11 is 0. The van der Waals surface area contributed by atoms with Gasteiger partial charge in [0.2, 0.25) is 35.4 Å². The molecule has 6 aliphatic heterocycles. The van der Waals surface area contributed by atoms with Crippen LogP contribution in [0.4, 0.5) is 0 Å². The number of amides is 6. The number of phosphoric acid groups is 3. The van der Waals surface area contributed by atoms with Crippen LogP contribution < -0.4 is 46.6 Å². The number of ether oxygens (including phenoxy) is 13. The van der Waals surface area contributed by atoms with E-state index in [4.69, 9.17) is 88.7 Å². The third-order valence-corrected chi connectivity index (χ3v) is 21.9. The van der Waals surface area contributed by atoms with Gasteiger partial charge in [0.1, 0.15) is 111 Å². The van der Waals surface area contributed by atoms with E-state index in [0.717, 1.165) is 6.92 Å². The Labute approximate surface area is 675 Å².